The molecule has 31 heavy (non-hydrogen) atoms. The van der Waals surface area contributed by atoms with Crippen molar-refractivity contribution in [3.05, 3.63) is 83.2 Å². The van der Waals surface area contributed by atoms with Crippen molar-refractivity contribution < 1.29 is 9.59 Å². The van der Waals surface area contributed by atoms with E-state index < -0.39 is 0 Å². The van der Waals surface area contributed by atoms with Gasteiger partial charge in [0.05, 0.1) is 5.56 Å². The van der Waals surface area contributed by atoms with Crippen LogP contribution in [0.25, 0.3) is 0 Å². The van der Waals surface area contributed by atoms with Crippen molar-refractivity contribution in [1.82, 2.24) is 10.3 Å². The number of aromatic nitrogens is 1. The quantitative estimate of drug-likeness (QED) is 0.557. The summed E-state index contributed by atoms with van der Waals surface area (Å²) in [5.74, 6) is -0.230. The van der Waals surface area contributed by atoms with Crippen molar-refractivity contribution in [2.45, 2.75) is 20.4 Å². The molecule has 0 fully saturated rings. The maximum absolute atomic E-state index is 12.9. The van der Waals surface area contributed by atoms with Crippen LogP contribution in [0.4, 0.5) is 21.9 Å². The number of para-hydroxylation sites is 1. The van der Waals surface area contributed by atoms with E-state index in [1.54, 1.807) is 24.5 Å². The standard InChI is InChI=1S/C24H27N5O2/c1-16-7-5-8-17(2)22(16)28-24(31)27-19-10-11-21(29(3)4)20(13-19)23(30)26-15-18-9-6-12-25-14-18/h5-14H,15H2,1-4H3,(H,26,30)(H2,27,28,31). The van der Waals surface area contributed by atoms with Gasteiger partial charge >= 0.3 is 6.03 Å². The Morgan fingerprint density at radius 2 is 1.71 bits per heavy atom. The topological polar surface area (TPSA) is 86.4 Å². The molecule has 160 valence electrons. The molecule has 7 heteroatoms. The molecule has 3 amide bonds. The fraction of sp³-hybridized carbons (Fsp3) is 0.208. The number of urea groups is 1. The first-order chi connectivity index (χ1) is 14.8. The van der Waals surface area contributed by atoms with E-state index >= 15 is 0 Å². The van der Waals surface area contributed by atoms with Gasteiger partial charge in [-0.05, 0) is 54.8 Å². The third kappa shape index (κ3) is 5.60. The van der Waals surface area contributed by atoms with Crippen LogP contribution in [0, 0.1) is 13.8 Å². The Balaban J connectivity index is 1.76. The first kappa shape index (κ1) is 21.8. The monoisotopic (exact) mass is 417 g/mol. The Kier molecular flexibility index (Phi) is 6.87. The van der Waals surface area contributed by atoms with Crippen LogP contribution in [-0.4, -0.2) is 31.0 Å². The zero-order valence-corrected chi connectivity index (χ0v) is 18.2. The summed E-state index contributed by atoms with van der Waals surface area (Å²) in [5.41, 5.74) is 5.40. The van der Waals surface area contributed by atoms with Crippen LogP contribution in [-0.2, 0) is 6.54 Å². The number of hydrogen-bond acceptors (Lipinski definition) is 4. The molecule has 3 aromatic rings. The number of anilines is 3. The summed E-state index contributed by atoms with van der Waals surface area (Å²) >= 11 is 0. The van der Waals surface area contributed by atoms with Gasteiger partial charge in [-0.1, -0.05) is 24.3 Å². The Hall–Kier alpha value is -3.87. The third-order valence-electron chi connectivity index (χ3n) is 4.88. The molecule has 0 aliphatic rings. The largest absolute Gasteiger partial charge is 0.377 e. The second-order valence-electron chi connectivity index (χ2n) is 7.52. The second-order valence-corrected chi connectivity index (χ2v) is 7.52. The lowest BCUT2D eigenvalue weighted by molar-refractivity contribution is 0.0951. The Morgan fingerprint density at radius 3 is 2.35 bits per heavy atom. The number of benzene rings is 2. The third-order valence-corrected chi connectivity index (χ3v) is 4.88. The van der Waals surface area contributed by atoms with E-state index in [4.69, 9.17) is 0 Å². The van der Waals surface area contributed by atoms with Gasteiger partial charge in [0.25, 0.3) is 5.91 Å². The molecule has 3 N–H and O–H groups in total. The van der Waals surface area contributed by atoms with E-state index in [9.17, 15) is 9.59 Å². The summed E-state index contributed by atoms with van der Waals surface area (Å²) in [6.07, 6.45) is 3.40. The zero-order valence-electron chi connectivity index (χ0n) is 18.2. The van der Waals surface area contributed by atoms with Crippen LogP contribution in [0.2, 0.25) is 0 Å². The predicted molar refractivity (Wildman–Crippen MR) is 125 cm³/mol. The number of carbonyl (C=O) groups excluding carboxylic acids is 2. The normalized spacial score (nSPS) is 10.3. The molecule has 0 bridgehead atoms. The maximum Gasteiger partial charge on any atom is 0.323 e. The minimum atomic E-state index is -0.364. The molecule has 2 aromatic carbocycles. The van der Waals surface area contributed by atoms with Crippen molar-refractivity contribution in [3.8, 4) is 0 Å². The maximum atomic E-state index is 12.9. The lowest BCUT2D eigenvalue weighted by Gasteiger charge is -2.19. The first-order valence-corrected chi connectivity index (χ1v) is 9.98. The van der Waals surface area contributed by atoms with Gasteiger partial charge in [0.1, 0.15) is 0 Å². The molecule has 0 aliphatic carbocycles. The molecule has 0 spiro atoms. The van der Waals surface area contributed by atoms with E-state index in [0.29, 0.717) is 17.8 Å². The number of rotatable bonds is 6. The van der Waals surface area contributed by atoms with Gasteiger partial charge in [0.15, 0.2) is 0 Å². The van der Waals surface area contributed by atoms with Gasteiger partial charge in [0, 0.05) is 50.1 Å². The van der Waals surface area contributed by atoms with Crippen LogP contribution in [0.3, 0.4) is 0 Å². The first-order valence-electron chi connectivity index (χ1n) is 9.98. The molecule has 0 atom stereocenters. The van der Waals surface area contributed by atoms with Crippen molar-refractivity contribution in [1.29, 1.82) is 0 Å². The lowest BCUT2D eigenvalue weighted by Crippen LogP contribution is -2.26. The van der Waals surface area contributed by atoms with E-state index in [1.807, 2.05) is 69.2 Å². The number of hydrogen-bond donors (Lipinski definition) is 3. The highest BCUT2D eigenvalue weighted by Gasteiger charge is 2.15. The number of aryl methyl sites for hydroxylation is 2. The molecular formula is C24H27N5O2. The van der Waals surface area contributed by atoms with Crippen LogP contribution in [0.1, 0.15) is 27.0 Å². The molecule has 0 saturated carbocycles. The highest BCUT2D eigenvalue weighted by Crippen LogP contribution is 2.24. The van der Waals surface area contributed by atoms with Gasteiger partial charge in [-0.2, -0.15) is 0 Å². The fourth-order valence-electron chi connectivity index (χ4n) is 3.25. The van der Waals surface area contributed by atoms with E-state index in [-0.39, 0.29) is 11.9 Å². The van der Waals surface area contributed by atoms with Gasteiger partial charge < -0.3 is 20.9 Å². The minimum absolute atomic E-state index is 0.230. The van der Waals surface area contributed by atoms with Gasteiger partial charge in [-0.15, -0.1) is 0 Å². The smallest absolute Gasteiger partial charge is 0.323 e. The van der Waals surface area contributed by atoms with Crippen molar-refractivity contribution in [2.24, 2.45) is 0 Å². The van der Waals surface area contributed by atoms with E-state index in [0.717, 1.165) is 28.1 Å². The Labute approximate surface area is 182 Å². The number of nitrogens with zero attached hydrogens (tertiary/aromatic N) is 2. The van der Waals surface area contributed by atoms with Crippen LogP contribution in [0.5, 0.6) is 0 Å². The molecule has 1 aromatic heterocycles. The van der Waals surface area contributed by atoms with Crippen LogP contribution < -0.4 is 20.9 Å². The number of nitrogens with one attached hydrogen (secondary N) is 3. The molecule has 1 heterocycles. The van der Waals surface area contributed by atoms with Gasteiger partial charge in [-0.3, -0.25) is 9.78 Å². The molecule has 7 nitrogen and oxygen atoms in total. The van der Waals surface area contributed by atoms with Crippen molar-refractivity contribution in [2.75, 3.05) is 29.6 Å². The average molecular weight is 418 g/mol. The molecule has 0 aliphatic heterocycles. The van der Waals surface area contributed by atoms with E-state index in [2.05, 4.69) is 20.9 Å². The van der Waals surface area contributed by atoms with Crippen LogP contribution >= 0.6 is 0 Å². The number of carbonyl (C=O) groups is 2. The SMILES string of the molecule is Cc1cccc(C)c1NC(=O)Nc1ccc(N(C)C)c(C(=O)NCc2cccnc2)c1. The zero-order chi connectivity index (χ0) is 22.4. The lowest BCUT2D eigenvalue weighted by atomic mass is 10.1. The predicted octanol–water partition coefficient (Wildman–Crippen LogP) is 4.34. The minimum Gasteiger partial charge on any atom is -0.377 e. The van der Waals surface area contributed by atoms with Gasteiger partial charge in [0.2, 0.25) is 0 Å². The summed E-state index contributed by atoms with van der Waals surface area (Å²) < 4.78 is 0. The molecule has 0 radical (unpaired) electrons. The number of amides is 3. The summed E-state index contributed by atoms with van der Waals surface area (Å²) in [4.78, 5) is 31.4. The van der Waals surface area contributed by atoms with Crippen molar-refractivity contribution in [3.63, 3.8) is 0 Å². The van der Waals surface area contributed by atoms with Crippen LogP contribution in [0.15, 0.2) is 60.9 Å². The summed E-state index contributed by atoms with van der Waals surface area (Å²) in [5, 5.41) is 8.63. The Bertz CT molecular complexity index is 1060. The highest BCUT2D eigenvalue weighted by molar-refractivity contribution is 6.04. The molecule has 3 rings (SSSR count). The molecule has 0 unspecified atom stereocenters. The van der Waals surface area contributed by atoms with Gasteiger partial charge in [-0.25, -0.2) is 4.79 Å². The number of pyridine rings is 1. The molecule has 0 saturated heterocycles. The summed E-state index contributed by atoms with van der Waals surface area (Å²) in [6.45, 7) is 4.25. The summed E-state index contributed by atoms with van der Waals surface area (Å²) in [6, 6.07) is 14.5. The molecular weight excluding hydrogens is 390 g/mol. The van der Waals surface area contributed by atoms with E-state index in [1.165, 1.54) is 0 Å². The fourth-order valence-corrected chi connectivity index (χ4v) is 3.25. The summed E-state index contributed by atoms with van der Waals surface area (Å²) in [7, 11) is 3.74. The Morgan fingerprint density at radius 1 is 0.968 bits per heavy atom. The average Bonchev–Trinajstić information content (AvgIpc) is 2.75. The second kappa shape index (κ2) is 9.75. The van der Waals surface area contributed by atoms with Crippen molar-refractivity contribution >= 4 is 29.0 Å². The highest BCUT2D eigenvalue weighted by atomic mass is 16.2.